The molecule has 14 heteroatoms. The maximum atomic E-state index is 10.2. The second kappa shape index (κ2) is 20.6. The first kappa shape index (κ1) is 36.8. The highest BCUT2D eigenvalue weighted by Crippen LogP contribution is 2.15. The summed E-state index contributed by atoms with van der Waals surface area (Å²) in [5.74, 6) is 0.869. The van der Waals surface area contributed by atoms with E-state index in [1.54, 1.807) is 18.5 Å². The lowest BCUT2D eigenvalue weighted by molar-refractivity contribution is 0.112. The van der Waals surface area contributed by atoms with Crippen LogP contribution in [0.3, 0.4) is 0 Å². The Morgan fingerprint density at radius 2 is 1.35 bits per heavy atom. The predicted molar refractivity (Wildman–Crippen MR) is 177 cm³/mol. The van der Waals surface area contributed by atoms with Gasteiger partial charge in [0.15, 0.2) is 6.29 Å². The molecule has 2 aliphatic heterocycles. The molecule has 0 saturated carbocycles. The fourth-order valence-electron chi connectivity index (χ4n) is 3.98. The number of rotatable bonds is 8. The highest BCUT2D eigenvalue weighted by molar-refractivity contribution is 9.10. The van der Waals surface area contributed by atoms with Crippen LogP contribution in [0.4, 0.5) is 11.6 Å². The standard InChI is InChI=1S/C13H22BrN5.C7H17N3.C6H5BrN2O.BrH/c1-18-4-6-19(7-5-18)3-2-16-9-11-8-12(14)10-17-13(11)15;1-9-4-6-10(3-2-8)7-5-9;7-5-1-4(3-10)6(8)9-2-5;/h8,10,16H,2-7,9H2,1H3,(H2,15,17);2-8H2,1H3;1-3H,(H2,8,9);1H. The molecule has 4 heterocycles. The summed E-state index contributed by atoms with van der Waals surface area (Å²) in [5, 5.41) is 3.43. The fraction of sp³-hybridized carbons (Fsp3) is 0.577. The number of hydrogen-bond donors (Lipinski definition) is 4. The van der Waals surface area contributed by atoms with Crippen LogP contribution in [0.5, 0.6) is 0 Å². The molecule has 226 valence electrons. The molecule has 0 aliphatic carbocycles. The maximum absolute atomic E-state index is 10.2. The van der Waals surface area contributed by atoms with Gasteiger partial charge in [0.05, 0.1) is 5.56 Å². The molecule has 0 spiro atoms. The number of nitrogens with two attached hydrogens (primary N) is 3. The maximum Gasteiger partial charge on any atom is 0.153 e. The van der Waals surface area contributed by atoms with Gasteiger partial charge in [0.25, 0.3) is 0 Å². The summed E-state index contributed by atoms with van der Waals surface area (Å²) in [4.78, 5) is 27.8. The molecule has 0 radical (unpaired) electrons. The van der Waals surface area contributed by atoms with Crippen LogP contribution in [0.15, 0.2) is 33.5 Å². The molecule has 0 atom stereocenters. The number of carbonyl (C=O) groups is 1. The number of carbonyl (C=O) groups excluding carboxylic acids is 1. The Labute approximate surface area is 266 Å². The van der Waals surface area contributed by atoms with Crippen molar-refractivity contribution < 1.29 is 4.79 Å². The van der Waals surface area contributed by atoms with E-state index >= 15 is 0 Å². The molecule has 2 saturated heterocycles. The van der Waals surface area contributed by atoms with Gasteiger partial charge in [-0.2, -0.15) is 0 Å². The summed E-state index contributed by atoms with van der Waals surface area (Å²) >= 11 is 6.57. The molecule has 2 aromatic heterocycles. The zero-order chi connectivity index (χ0) is 28.6. The van der Waals surface area contributed by atoms with Crippen molar-refractivity contribution in [1.82, 2.24) is 34.9 Å². The number of anilines is 2. The molecule has 2 aliphatic rings. The van der Waals surface area contributed by atoms with Crippen LogP contribution < -0.4 is 22.5 Å². The molecule has 0 unspecified atom stereocenters. The number of nitrogen functional groups attached to an aromatic ring is 2. The van der Waals surface area contributed by atoms with E-state index in [4.69, 9.17) is 17.2 Å². The monoisotopic (exact) mass is 750 g/mol. The van der Waals surface area contributed by atoms with Crippen molar-refractivity contribution in [2.75, 3.05) is 104 Å². The van der Waals surface area contributed by atoms with Crippen LogP contribution in [0, 0.1) is 0 Å². The van der Waals surface area contributed by atoms with Crippen LogP contribution >= 0.6 is 48.8 Å². The Morgan fingerprint density at radius 1 is 0.850 bits per heavy atom. The largest absolute Gasteiger partial charge is 0.383 e. The van der Waals surface area contributed by atoms with Gasteiger partial charge in [0, 0.05) is 112 Å². The van der Waals surface area contributed by atoms with E-state index in [9.17, 15) is 4.79 Å². The van der Waals surface area contributed by atoms with Gasteiger partial charge >= 0.3 is 0 Å². The average Bonchev–Trinajstić information content (AvgIpc) is 2.93. The molecule has 0 bridgehead atoms. The third kappa shape index (κ3) is 14.6. The van der Waals surface area contributed by atoms with E-state index in [0.717, 1.165) is 47.2 Å². The van der Waals surface area contributed by atoms with E-state index in [1.165, 1.54) is 52.4 Å². The first-order chi connectivity index (χ1) is 18.7. The van der Waals surface area contributed by atoms with Gasteiger partial charge in [-0.25, -0.2) is 9.97 Å². The fourth-order valence-corrected chi connectivity index (χ4v) is 4.71. The smallest absolute Gasteiger partial charge is 0.153 e. The third-order valence-corrected chi connectivity index (χ3v) is 7.44. The number of likely N-dealkylation sites (N-methyl/N-ethyl adjacent to an activating group) is 2. The van der Waals surface area contributed by atoms with Crippen molar-refractivity contribution in [3.63, 3.8) is 0 Å². The van der Waals surface area contributed by atoms with Crippen molar-refractivity contribution in [3.8, 4) is 0 Å². The van der Waals surface area contributed by atoms with E-state index in [-0.39, 0.29) is 22.8 Å². The summed E-state index contributed by atoms with van der Waals surface area (Å²) in [6.45, 7) is 14.1. The quantitative estimate of drug-likeness (QED) is 0.231. The SMILES string of the molecule is Br.CN1CCN(CCN)CC1.CN1CCN(CCNCc2cc(Br)cnc2N)CC1.Nc1ncc(Br)cc1C=O. The predicted octanol–water partition coefficient (Wildman–Crippen LogP) is 1.77. The molecular weight excluding hydrogens is 708 g/mol. The van der Waals surface area contributed by atoms with Crippen molar-refractivity contribution in [3.05, 3.63) is 44.6 Å². The van der Waals surface area contributed by atoms with Crippen LogP contribution in [0.25, 0.3) is 0 Å². The summed E-state index contributed by atoms with van der Waals surface area (Å²) in [5.41, 5.74) is 18.1. The van der Waals surface area contributed by atoms with Crippen LogP contribution in [-0.2, 0) is 6.54 Å². The van der Waals surface area contributed by atoms with E-state index in [0.29, 0.717) is 17.7 Å². The van der Waals surface area contributed by atoms with E-state index < -0.39 is 0 Å². The minimum absolute atomic E-state index is 0. The van der Waals surface area contributed by atoms with Gasteiger partial charge in [0.2, 0.25) is 0 Å². The Hall–Kier alpha value is -1.23. The topological polar surface area (TPSA) is 146 Å². The zero-order valence-electron chi connectivity index (χ0n) is 23.6. The minimum Gasteiger partial charge on any atom is -0.383 e. The number of hydrogen-bond acceptors (Lipinski definition) is 11. The van der Waals surface area contributed by atoms with Gasteiger partial charge in [-0.3, -0.25) is 14.6 Å². The lowest BCUT2D eigenvalue weighted by atomic mass is 10.2. The number of halogens is 3. The minimum atomic E-state index is 0. The lowest BCUT2D eigenvalue weighted by Crippen LogP contribution is -2.46. The molecule has 0 aromatic carbocycles. The number of aldehydes is 1. The highest BCUT2D eigenvalue weighted by atomic mass is 79.9. The summed E-state index contributed by atoms with van der Waals surface area (Å²) < 4.78 is 1.72. The van der Waals surface area contributed by atoms with Gasteiger partial charge in [-0.1, -0.05) is 0 Å². The second-order valence-electron chi connectivity index (χ2n) is 9.70. The highest BCUT2D eigenvalue weighted by Gasteiger charge is 2.13. The number of nitrogens with zero attached hydrogens (tertiary/aromatic N) is 6. The Kier molecular flexibility index (Phi) is 19.0. The molecule has 2 fully saturated rings. The molecular formula is C26H45Br3N10O. The number of nitrogens with one attached hydrogen (secondary N) is 1. The number of pyridine rings is 2. The van der Waals surface area contributed by atoms with Crippen molar-refractivity contribution in [2.24, 2.45) is 5.73 Å². The third-order valence-electron chi connectivity index (χ3n) is 6.57. The van der Waals surface area contributed by atoms with Crippen molar-refractivity contribution >= 4 is 66.8 Å². The van der Waals surface area contributed by atoms with Crippen LogP contribution in [-0.4, -0.2) is 128 Å². The molecule has 0 amide bonds. The van der Waals surface area contributed by atoms with Crippen LogP contribution in [0.1, 0.15) is 15.9 Å². The molecule has 40 heavy (non-hydrogen) atoms. The summed E-state index contributed by atoms with van der Waals surface area (Å²) in [6.07, 6.45) is 3.94. The van der Waals surface area contributed by atoms with Crippen LogP contribution in [0.2, 0.25) is 0 Å². The van der Waals surface area contributed by atoms with E-state index in [2.05, 4.69) is 80.8 Å². The van der Waals surface area contributed by atoms with Gasteiger partial charge < -0.3 is 32.3 Å². The Bertz CT molecular complexity index is 987. The Balaban J connectivity index is 0.000000324. The molecule has 11 nitrogen and oxygen atoms in total. The van der Waals surface area contributed by atoms with E-state index in [1.807, 2.05) is 6.07 Å². The molecule has 2 aromatic rings. The molecule has 7 N–H and O–H groups in total. The van der Waals surface area contributed by atoms with Gasteiger partial charge in [-0.15, -0.1) is 17.0 Å². The first-order valence-corrected chi connectivity index (χ1v) is 14.8. The van der Waals surface area contributed by atoms with Crippen molar-refractivity contribution in [2.45, 2.75) is 6.54 Å². The lowest BCUT2D eigenvalue weighted by Gasteiger charge is -2.32. The summed E-state index contributed by atoms with van der Waals surface area (Å²) in [7, 11) is 4.35. The van der Waals surface area contributed by atoms with Crippen molar-refractivity contribution in [1.29, 1.82) is 0 Å². The second-order valence-corrected chi connectivity index (χ2v) is 11.5. The Morgan fingerprint density at radius 3 is 1.85 bits per heavy atom. The van der Waals surface area contributed by atoms with Gasteiger partial charge in [-0.05, 0) is 58.1 Å². The number of piperazine rings is 2. The van der Waals surface area contributed by atoms with Gasteiger partial charge in [0.1, 0.15) is 11.6 Å². The molecule has 4 rings (SSSR count). The number of aromatic nitrogens is 2. The first-order valence-electron chi connectivity index (χ1n) is 13.2. The average molecular weight is 753 g/mol. The zero-order valence-corrected chi connectivity index (χ0v) is 28.5. The summed E-state index contributed by atoms with van der Waals surface area (Å²) in [6, 6.07) is 3.64. The normalized spacial score (nSPS) is 16.6.